The van der Waals surface area contributed by atoms with Gasteiger partial charge in [-0.15, -0.1) is 11.6 Å². The molecule has 4 atom stereocenters. The van der Waals surface area contributed by atoms with Crippen LogP contribution in [0.1, 0.15) is 85.0 Å². The average molecular weight is 1460 g/mol. The lowest BCUT2D eigenvalue weighted by Gasteiger charge is -2.34. The Kier molecular flexibility index (Phi) is 31.7. The maximum atomic E-state index is 14.2. The molecule has 0 unspecified atom stereocenters. The topological polar surface area (TPSA) is 308 Å². The second-order valence-corrected chi connectivity index (χ2v) is 25.6. The van der Waals surface area contributed by atoms with Crippen LogP contribution >= 0.6 is 11.6 Å². The lowest BCUT2D eigenvalue weighted by Crippen LogP contribution is -2.53. The highest BCUT2D eigenvalue weighted by Crippen LogP contribution is 2.46. The van der Waals surface area contributed by atoms with Crippen LogP contribution in [0.5, 0.6) is 17.2 Å². The fraction of sp³-hybridized carbons (Fsp3) is 0.487. The molecular weight excluding hydrogens is 1360 g/mol. The van der Waals surface area contributed by atoms with E-state index in [0.717, 1.165) is 38.1 Å². The van der Waals surface area contributed by atoms with Crippen LogP contribution in [-0.2, 0) is 91.0 Å². The van der Waals surface area contributed by atoms with Crippen LogP contribution in [0.3, 0.4) is 0 Å². The van der Waals surface area contributed by atoms with Crippen molar-refractivity contribution >= 4 is 92.9 Å². The van der Waals surface area contributed by atoms with Gasteiger partial charge < -0.3 is 83.2 Å². The molecule has 0 fully saturated rings. The molecule has 0 aliphatic carbocycles. The lowest BCUT2D eigenvalue weighted by atomic mass is 9.94. The highest BCUT2D eigenvalue weighted by Gasteiger charge is 2.36. The van der Waals surface area contributed by atoms with E-state index in [1.165, 1.54) is 24.8 Å². The standard InChI is InChI=1S/C76H95ClN8O19/c1-51(2)73(82-68(87)22-26-95-28-30-97-32-34-99-36-38-101-40-41-102-39-37-100-35-33-98-31-29-96-27-23-78-67(86)21-24-83-70(89)19-20-71(83)90)75(92)80-52(3)74(91)81-57-17-15-53(16-18-57)50-104-64-45-63-72(60-13-8-7-12-59(60)64)56(46-77)49-85(63)69(88)14-9-25-103-66-44-62-61(43-65(66)94-4)76(93)84-48-55-11-6-5-10-54(55)42-58(84)47-79-62/h5-8,10-13,15-20,43-45,47,51-52,56,58,73H,9,14,21-42,46,48-50H2,1-4H3,(H,78,86)(H,80,92)(H,81,91)(H,82,87)/t52-,56+,58-,73-/m0/s1. The van der Waals surface area contributed by atoms with E-state index in [4.69, 9.17) is 68.7 Å². The Bertz CT molecular complexity index is 3760. The van der Waals surface area contributed by atoms with Crippen LogP contribution in [0.2, 0.25) is 0 Å². The van der Waals surface area contributed by atoms with E-state index >= 15 is 0 Å². The molecule has 0 aromatic heterocycles. The molecule has 4 N–H and O–H groups in total. The number of nitrogens with one attached hydrogen (secondary N) is 4. The molecule has 560 valence electrons. The minimum atomic E-state index is -0.937. The molecule has 27 nitrogen and oxygen atoms in total. The monoisotopic (exact) mass is 1460 g/mol. The first-order valence-electron chi connectivity index (χ1n) is 35.3. The van der Waals surface area contributed by atoms with E-state index in [0.29, 0.717) is 165 Å². The lowest BCUT2D eigenvalue weighted by molar-refractivity contribution is -0.137. The van der Waals surface area contributed by atoms with Crippen LogP contribution < -0.4 is 40.4 Å². The van der Waals surface area contributed by atoms with Crippen molar-refractivity contribution in [1.82, 2.24) is 25.8 Å². The maximum absolute atomic E-state index is 14.2. The van der Waals surface area contributed by atoms with Crippen molar-refractivity contribution in [3.05, 3.63) is 131 Å². The summed E-state index contributed by atoms with van der Waals surface area (Å²) >= 11 is 6.62. The molecule has 4 aliphatic rings. The second kappa shape index (κ2) is 41.6. The van der Waals surface area contributed by atoms with Crippen molar-refractivity contribution in [2.45, 2.75) is 90.1 Å². The van der Waals surface area contributed by atoms with Crippen LogP contribution in [0.4, 0.5) is 17.1 Å². The van der Waals surface area contributed by atoms with Crippen molar-refractivity contribution in [2.75, 3.05) is 155 Å². The van der Waals surface area contributed by atoms with Crippen molar-refractivity contribution in [3.8, 4) is 17.2 Å². The van der Waals surface area contributed by atoms with E-state index in [1.54, 1.807) is 49.9 Å². The van der Waals surface area contributed by atoms with Crippen molar-refractivity contribution in [2.24, 2.45) is 10.9 Å². The zero-order valence-electron chi connectivity index (χ0n) is 59.5. The number of methoxy groups -OCH3 is 1. The molecule has 104 heavy (non-hydrogen) atoms. The quantitative estimate of drug-likeness (QED) is 0.0177. The predicted octanol–water partition coefficient (Wildman–Crippen LogP) is 6.78. The molecule has 0 saturated carbocycles. The minimum absolute atomic E-state index is 0.0150. The molecule has 28 heteroatoms. The van der Waals surface area contributed by atoms with E-state index in [2.05, 4.69) is 33.4 Å². The van der Waals surface area contributed by atoms with Gasteiger partial charge in [-0.2, -0.15) is 0 Å². The first-order valence-corrected chi connectivity index (χ1v) is 35.9. The van der Waals surface area contributed by atoms with Crippen molar-refractivity contribution in [3.63, 3.8) is 0 Å². The number of imide groups is 1. The number of hydrogen-bond acceptors (Lipinski definition) is 20. The first kappa shape index (κ1) is 79.2. The highest BCUT2D eigenvalue weighted by molar-refractivity contribution is 6.19. The molecule has 0 saturated heterocycles. The highest BCUT2D eigenvalue weighted by atomic mass is 35.5. The number of hydrogen-bond donors (Lipinski definition) is 4. The summed E-state index contributed by atoms with van der Waals surface area (Å²) < 4.78 is 62.6. The number of carbonyl (C=O) groups excluding carboxylic acids is 8. The third-order valence-corrected chi connectivity index (χ3v) is 18.0. The Morgan fingerprint density at radius 1 is 0.606 bits per heavy atom. The molecule has 5 aromatic rings. The summed E-state index contributed by atoms with van der Waals surface area (Å²) in [7, 11) is 1.53. The van der Waals surface area contributed by atoms with Gasteiger partial charge in [-0.1, -0.05) is 74.5 Å². The normalized spacial score (nSPS) is 15.7. The zero-order valence-corrected chi connectivity index (χ0v) is 60.3. The molecule has 0 bridgehead atoms. The predicted molar refractivity (Wildman–Crippen MR) is 388 cm³/mol. The number of amides is 8. The van der Waals surface area contributed by atoms with Crippen molar-refractivity contribution < 1.29 is 90.5 Å². The van der Waals surface area contributed by atoms with Crippen LogP contribution in [0, 0.1) is 5.92 Å². The summed E-state index contributed by atoms with van der Waals surface area (Å²) in [5.41, 5.74) is 6.30. The molecule has 9 rings (SSSR count). The molecular formula is C76H95ClN8O19. The molecule has 0 radical (unpaired) electrons. The Hall–Kier alpha value is -8.90. The first-order chi connectivity index (χ1) is 50.6. The molecule has 0 spiro atoms. The summed E-state index contributed by atoms with van der Waals surface area (Å²) in [4.78, 5) is 112. The Morgan fingerprint density at radius 3 is 1.82 bits per heavy atom. The number of ether oxygens (including phenoxy) is 11. The Labute approximate surface area is 610 Å². The van der Waals surface area contributed by atoms with E-state index in [-0.39, 0.29) is 93.7 Å². The number of alkyl halides is 1. The van der Waals surface area contributed by atoms with Crippen molar-refractivity contribution in [1.29, 1.82) is 0 Å². The number of benzene rings is 5. The van der Waals surface area contributed by atoms with Gasteiger partial charge >= 0.3 is 0 Å². The van der Waals surface area contributed by atoms with Gasteiger partial charge in [-0.3, -0.25) is 48.2 Å². The summed E-state index contributed by atoms with van der Waals surface area (Å²) in [6.07, 6.45) is 5.51. The fourth-order valence-electron chi connectivity index (χ4n) is 12.0. The Balaban J connectivity index is 0.591. The number of rotatable bonds is 46. The number of fused-ring (bicyclic) bond motifs is 6. The molecule has 5 aromatic carbocycles. The molecule has 4 aliphatic heterocycles. The maximum Gasteiger partial charge on any atom is 0.257 e. The summed E-state index contributed by atoms with van der Waals surface area (Å²) in [5.74, 6) is -1.30. The number of halogens is 1. The molecule has 4 heterocycles. The van der Waals surface area contributed by atoms with Gasteiger partial charge in [-0.05, 0) is 71.5 Å². The van der Waals surface area contributed by atoms with Gasteiger partial charge in [0, 0.05) is 98.8 Å². The fourth-order valence-corrected chi connectivity index (χ4v) is 12.3. The third-order valence-electron chi connectivity index (χ3n) is 17.6. The number of anilines is 2. The summed E-state index contributed by atoms with van der Waals surface area (Å²) in [6.45, 7) is 12.4. The number of nitrogens with zero attached hydrogens (tertiary/aromatic N) is 4. The SMILES string of the molecule is COc1cc2c(cc1OCCCC(=O)N1C[C@@H](CCl)c3c1cc(OCc1ccc(NC(=O)[C@H](C)NC(=O)[C@@H](NC(=O)CCOCCOCCOCCOCCOCCOCCOCCOCCNC(=O)CCN4C(=O)C=CC4=O)C(C)C)cc1)c1ccccc31)N=C[C@@H]1Cc3ccccc3CN1C2=O. The van der Waals surface area contributed by atoms with Crippen LogP contribution in [0.15, 0.2) is 108 Å². The van der Waals surface area contributed by atoms with Gasteiger partial charge in [0.25, 0.3) is 17.7 Å². The molecule has 8 amide bonds. The van der Waals surface area contributed by atoms with Gasteiger partial charge in [-0.25, -0.2) is 0 Å². The average Bonchev–Trinajstić information content (AvgIpc) is 1.57. The van der Waals surface area contributed by atoms with Gasteiger partial charge in [0.2, 0.25) is 29.5 Å². The third kappa shape index (κ3) is 23.3. The van der Waals surface area contributed by atoms with Crippen LogP contribution in [0.25, 0.3) is 10.8 Å². The minimum Gasteiger partial charge on any atom is -0.493 e. The van der Waals surface area contributed by atoms with Gasteiger partial charge in [0.15, 0.2) is 11.5 Å². The summed E-state index contributed by atoms with van der Waals surface area (Å²) in [6, 6.07) is 26.5. The Morgan fingerprint density at radius 2 is 1.20 bits per heavy atom. The zero-order chi connectivity index (χ0) is 73.6. The van der Waals surface area contributed by atoms with Gasteiger partial charge in [0.05, 0.1) is 142 Å². The number of aliphatic imine (C=N–C) groups is 1. The smallest absolute Gasteiger partial charge is 0.257 e. The second-order valence-electron chi connectivity index (χ2n) is 25.3. The van der Waals surface area contributed by atoms with Crippen LogP contribution in [-0.4, -0.2) is 226 Å². The van der Waals surface area contributed by atoms with E-state index in [1.807, 2.05) is 65.7 Å². The van der Waals surface area contributed by atoms with Gasteiger partial charge in [0.1, 0.15) is 24.4 Å². The van der Waals surface area contributed by atoms with E-state index < -0.39 is 35.7 Å². The summed E-state index contributed by atoms with van der Waals surface area (Å²) in [5, 5.41) is 12.9. The largest absolute Gasteiger partial charge is 0.493 e. The number of carbonyl (C=O) groups is 8. The van der Waals surface area contributed by atoms with E-state index in [9.17, 15) is 38.4 Å².